The molecule has 0 bridgehead atoms. The summed E-state index contributed by atoms with van der Waals surface area (Å²) < 4.78 is 38.5. The van der Waals surface area contributed by atoms with Crippen molar-refractivity contribution in [3.63, 3.8) is 0 Å². The lowest BCUT2D eigenvalue weighted by molar-refractivity contribution is -0.137. The number of amides is 2. The molecule has 0 radical (unpaired) electrons. The second kappa shape index (κ2) is 10.6. The Morgan fingerprint density at radius 1 is 1.00 bits per heavy atom. The van der Waals surface area contributed by atoms with Crippen LogP contribution in [-0.2, 0) is 11.0 Å². The topological polar surface area (TPSA) is 43.9 Å². The van der Waals surface area contributed by atoms with Gasteiger partial charge in [-0.05, 0) is 31.2 Å². The molecule has 0 unspecified atom stereocenters. The molecule has 0 aliphatic carbocycles. The Kier molecular flexibility index (Phi) is 9.39. The van der Waals surface area contributed by atoms with Crippen LogP contribution >= 0.6 is 36.6 Å². The fourth-order valence-electron chi connectivity index (χ4n) is 3.16. The summed E-state index contributed by atoms with van der Waals surface area (Å²) in [6.07, 6.45) is -3.62. The highest BCUT2D eigenvalue weighted by atomic mass is 35.5. The first kappa shape index (κ1) is 24.9. The van der Waals surface area contributed by atoms with Gasteiger partial charge in [-0.2, -0.15) is 13.2 Å². The van der Waals surface area contributed by atoms with E-state index in [-0.39, 0.29) is 41.7 Å². The Balaban J connectivity index is 0.00000196. The van der Waals surface area contributed by atoms with Crippen LogP contribution in [0.15, 0.2) is 24.3 Å². The zero-order valence-electron chi connectivity index (χ0n) is 15.0. The summed E-state index contributed by atoms with van der Waals surface area (Å²) in [6.45, 7) is 3.98. The zero-order valence-corrected chi connectivity index (χ0v) is 17.4. The maximum atomic E-state index is 12.8. The van der Waals surface area contributed by atoms with Crippen LogP contribution in [0.1, 0.15) is 12.0 Å². The van der Waals surface area contributed by atoms with E-state index >= 15 is 0 Å². The van der Waals surface area contributed by atoms with Crippen LogP contribution in [0, 0.1) is 0 Å². The quantitative estimate of drug-likeness (QED) is 0.670. The number of halogens is 5. The number of benzene rings is 1. The van der Waals surface area contributed by atoms with Crippen molar-refractivity contribution in [1.82, 2.24) is 9.80 Å². The van der Waals surface area contributed by atoms with Crippen molar-refractivity contribution in [2.24, 2.45) is 0 Å². The van der Waals surface area contributed by atoms with Crippen LogP contribution < -0.4 is 4.90 Å². The molecular weight excluding hydrogens is 438 g/mol. The van der Waals surface area contributed by atoms with E-state index in [0.29, 0.717) is 31.7 Å². The lowest BCUT2D eigenvalue weighted by atomic mass is 10.1. The van der Waals surface area contributed by atoms with Gasteiger partial charge in [0.15, 0.2) is 0 Å². The molecule has 0 spiro atoms. The summed E-state index contributed by atoms with van der Waals surface area (Å²) in [4.78, 5) is 28.5. The number of alkyl halides is 3. The molecule has 3 rings (SSSR count). The highest BCUT2D eigenvalue weighted by Gasteiger charge is 2.31. The molecule has 2 aliphatic rings. The van der Waals surface area contributed by atoms with Crippen molar-refractivity contribution in [2.45, 2.75) is 12.6 Å². The second-order valence-electron chi connectivity index (χ2n) is 6.33. The summed E-state index contributed by atoms with van der Waals surface area (Å²) in [5.41, 5.74) is -0.0417. The molecule has 2 saturated heterocycles. The van der Waals surface area contributed by atoms with Gasteiger partial charge in [-0.3, -0.25) is 19.4 Å². The first-order valence-corrected chi connectivity index (χ1v) is 9.45. The average molecular weight is 460 g/mol. The van der Waals surface area contributed by atoms with Crippen LogP contribution in [0.2, 0.25) is 0 Å². The van der Waals surface area contributed by atoms with Crippen molar-refractivity contribution >= 4 is 53.4 Å². The largest absolute Gasteiger partial charge is 0.416 e. The molecule has 0 aromatic heterocycles. The highest BCUT2D eigenvalue weighted by molar-refractivity contribution is 8.14. The van der Waals surface area contributed by atoms with E-state index in [1.54, 1.807) is 6.07 Å². The number of hydrogen-bond donors (Lipinski definition) is 0. The molecular formula is C17H22Cl2F3N3O2S. The fourth-order valence-corrected chi connectivity index (χ4v) is 3.91. The molecule has 28 heavy (non-hydrogen) atoms. The minimum absolute atomic E-state index is 0. The number of carbonyl (C=O) groups is 2. The summed E-state index contributed by atoms with van der Waals surface area (Å²) in [5, 5.41) is -0.177. The zero-order chi connectivity index (χ0) is 18.7. The molecule has 2 aliphatic heterocycles. The Bertz CT molecular complexity index is 670. The van der Waals surface area contributed by atoms with Crippen LogP contribution in [-0.4, -0.2) is 66.0 Å². The maximum absolute atomic E-state index is 12.8. The Morgan fingerprint density at radius 3 is 2.25 bits per heavy atom. The predicted octanol–water partition coefficient (Wildman–Crippen LogP) is 3.76. The minimum Gasteiger partial charge on any atom is -0.369 e. The molecule has 158 valence electrons. The minimum atomic E-state index is -4.33. The van der Waals surface area contributed by atoms with Crippen molar-refractivity contribution in [1.29, 1.82) is 0 Å². The van der Waals surface area contributed by atoms with Gasteiger partial charge in [-0.25, -0.2) is 0 Å². The van der Waals surface area contributed by atoms with Gasteiger partial charge in [0.2, 0.25) is 5.91 Å². The summed E-state index contributed by atoms with van der Waals surface area (Å²) in [5.74, 6) is 0.100. The van der Waals surface area contributed by atoms with Crippen molar-refractivity contribution < 1.29 is 22.8 Å². The molecule has 0 atom stereocenters. The van der Waals surface area contributed by atoms with Gasteiger partial charge in [-0.15, -0.1) is 24.8 Å². The molecule has 0 saturated carbocycles. The van der Waals surface area contributed by atoms with Gasteiger partial charge >= 0.3 is 6.18 Å². The van der Waals surface area contributed by atoms with E-state index in [0.717, 1.165) is 37.5 Å². The molecule has 2 amide bonds. The van der Waals surface area contributed by atoms with Crippen LogP contribution in [0.4, 0.5) is 23.7 Å². The van der Waals surface area contributed by atoms with Crippen LogP contribution in [0.25, 0.3) is 0 Å². The van der Waals surface area contributed by atoms with Crippen molar-refractivity contribution in [3.8, 4) is 0 Å². The molecule has 1 aromatic rings. The van der Waals surface area contributed by atoms with E-state index in [9.17, 15) is 22.8 Å². The van der Waals surface area contributed by atoms with Gasteiger partial charge in [-0.1, -0.05) is 17.8 Å². The highest BCUT2D eigenvalue weighted by Crippen LogP contribution is 2.31. The number of piperazine rings is 1. The number of hydrogen-bond acceptors (Lipinski definition) is 5. The molecule has 2 fully saturated rings. The monoisotopic (exact) mass is 459 g/mol. The molecule has 5 nitrogen and oxygen atoms in total. The summed E-state index contributed by atoms with van der Waals surface area (Å²) in [6, 6.07) is 5.41. The number of nitrogens with zero attached hydrogens (tertiary/aromatic N) is 3. The maximum Gasteiger partial charge on any atom is 0.416 e. The first-order chi connectivity index (χ1) is 12.3. The Morgan fingerprint density at radius 2 is 1.68 bits per heavy atom. The lowest BCUT2D eigenvalue weighted by Gasteiger charge is -2.36. The molecule has 1 aromatic carbocycles. The van der Waals surface area contributed by atoms with E-state index in [2.05, 4.69) is 4.90 Å². The van der Waals surface area contributed by atoms with Crippen LogP contribution in [0.3, 0.4) is 0 Å². The fraction of sp³-hybridized carbons (Fsp3) is 0.529. The van der Waals surface area contributed by atoms with Gasteiger partial charge in [0, 0.05) is 38.4 Å². The van der Waals surface area contributed by atoms with E-state index in [4.69, 9.17) is 0 Å². The Hall–Kier alpha value is -1.16. The standard InChI is InChI=1S/C17H20F3N3O2S.2ClH/c18-17(19,20)13-3-1-4-14(11-13)22-9-7-21(8-10-22)5-2-6-23-15(24)12-26-16(23)25;;/h1,3-4,11H,2,5-10,12H2;2*1H. The predicted molar refractivity (Wildman–Crippen MR) is 109 cm³/mol. The number of rotatable bonds is 5. The van der Waals surface area contributed by atoms with E-state index < -0.39 is 11.7 Å². The first-order valence-electron chi connectivity index (χ1n) is 8.46. The lowest BCUT2D eigenvalue weighted by Crippen LogP contribution is -2.47. The summed E-state index contributed by atoms with van der Waals surface area (Å²) >= 11 is 1.04. The molecule has 2 heterocycles. The van der Waals surface area contributed by atoms with Gasteiger partial charge in [0.05, 0.1) is 11.3 Å². The summed E-state index contributed by atoms with van der Waals surface area (Å²) in [7, 11) is 0. The second-order valence-corrected chi connectivity index (χ2v) is 7.26. The van der Waals surface area contributed by atoms with E-state index in [1.165, 1.54) is 17.0 Å². The Labute approximate surface area is 178 Å². The number of anilines is 1. The normalized spacial score (nSPS) is 18.1. The molecule has 0 N–H and O–H groups in total. The third-order valence-electron chi connectivity index (χ3n) is 4.61. The van der Waals surface area contributed by atoms with Gasteiger partial charge in [0.25, 0.3) is 5.24 Å². The third kappa shape index (κ3) is 6.17. The van der Waals surface area contributed by atoms with E-state index in [1.807, 2.05) is 4.90 Å². The number of thioether (sulfide) groups is 1. The van der Waals surface area contributed by atoms with Crippen LogP contribution in [0.5, 0.6) is 0 Å². The average Bonchev–Trinajstić information content (AvgIpc) is 2.94. The van der Waals surface area contributed by atoms with Crippen molar-refractivity contribution in [3.05, 3.63) is 29.8 Å². The van der Waals surface area contributed by atoms with Gasteiger partial charge < -0.3 is 4.90 Å². The SMILES string of the molecule is Cl.Cl.O=C1CSC(=O)N1CCCN1CCN(c2cccc(C(F)(F)F)c2)CC1. The van der Waals surface area contributed by atoms with Crippen molar-refractivity contribution in [2.75, 3.05) is 49.9 Å². The van der Waals surface area contributed by atoms with Gasteiger partial charge in [0.1, 0.15) is 0 Å². The number of imide groups is 1. The number of carbonyl (C=O) groups excluding carboxylic acids is 2. The molecule has 11 heteroatoms. The smallest absolute Gasteiger partial charge is 0.369 e. The third-order valence-corrected chi connectivity index (χ3v) is 5.47.